The Labute approximate surface area is 183 Å². The third-order valence-corrected chi connectivity index (χ3v) is 10.9. The molecule has 6 heteroatoms. The van der Waals surface area contributed by atoms with Gasteiger partial charge in [0.05, 0.1) is 34.1 Å². The van der Waals surface area contributed by atoms with Gasteiger partial charge < -0.3 is 24.3 Å². The molecule has 2 aromatic rings. The molecule has 2 bridgehead atoms. The lowest BCUT2D eigenvalue weighted by Crippen LogP contribution is -2.57. The van der Waals surface area contributed by atoms with E-state index in [1.165, 1.54) is 47.7 Å². The Morgan fingerprint density at radius 3 is 2.13 bits per heavy atom. The van der Waals surface area contributed by atoms with Crippen molar-refractivity contribution in [2.24, 2.45) is 0 Å². The van der Waals surface area contributed by atoms with Gasteiger partial charge in [-0.3, -0.25) is 0 Å². The second-order valence-corrected chi connectivity index (χ2v) is 11.5. The van der Waals surface area contributed by atoms with Crippen molar-refractivity contribution in [2.45, 2.75) is 56.8 Å². The minimum atomic E-state index is -0.587. The van der Waals surface area contributed by atoms with Gasteiger partial charge in [-0.05, 0) is 44.0 Å². The third-order valence-electron chi connectivity index (χ3n) is 8.05. The first-order valence-electron chi connectivity index (χ1n) is 11.5. The number of benzene rings is 2. The van der Waals surface area contributed by atoms with Crippen LogP contribution in [0.25, 0.3) is 0 Å². The van der Waals surface area contributed by atoms with Crippen LogP contribution < -0.4 is 25.1 Å². The first-order valence-corrected chi connectivity index (χ1v) is 12.9. The smallest absolute Gasteiger partial charge is 0.137 e. The molecule has 3 unspecified atom stereocenters. The van der Waals surface area contributed by atoms with E-state index in [9.17, 15) is 0 Å². The summed E-state index contributed by atoms with van der Waals surface area (Å²) in [7, 11) is -0.587. The Morgan fingerprint density at radius 1 is 0.774 bits per heavy atom. The van der Waals surface area contributed by atoms with Gasteiger partial charge in [0.25, 0.3) is 0 Å². The molecule has 5 nitrogen and oxygen atoms in total. The molecule has 31 heavy (non-hydrogen) atoms. The van der Waals surface area contributed by atoms with E-state index >= 15 is 0 Å². The van der Waals surface area contributed by atoms with Crippen LogP contribution in [0.4, 0.5) is 11.4 Å². The van der Waals surface area contributed by atoms with Crippen molar-refractivity contribution in [1.29, 1.82) is 0 Å². The van der Waals surface area contributed by atoms with Crippen LogP contribution in [-0.4, -0.2) is 34.0 Å². The average molecular weight is 428 g/mol. The first kappa shape index (κ1) is 17.0. The monoisotopic (exact) mass is 428 g/mol. The predicted molar refractivity (Wildman–Crippen MR) is 125 cm³/mol. The van der Waals surface area contributed by atoms with Gasteiger partial charge in [0.1, 0.15) is 23.6 Å². The maximum absolute atomic E-state index is 6.54. The molecule has 156 valence electrons. The minimum absolute atomic E-state index is 0.325. The van der Waals surface area contributed by atoms with Gasteiger partial charge in [-0.1, -0.05) is 25.0 Å². The number of hydrogen-bond donors (Lipinski definition) is 0. The molecular formula is C25H25N4OP. The molecule has 1 fully saturated rings. The maximum Gasteiger partial charge on any atom is 0.137 e. The van der Waals surface area contributed by atoms with Crippen molar-refractivity contribution >= 4 is 29.9 Å². The molecule has 0 amide bonds. The quantitative estimate of drug-likeness (QED) is 0.580. The molecule has 5 atom stereocenters. The zero-order valence-corrected chi connectivity index (χ0v) is 18.5. The topological polar surface area (TPSA) is 22.2 Å². The lowest BCUT2D eigenvalue weighted by atomic mass is 9.88. The van der Waals surface area contributed by atoms with E-state index in [4.69, 9.17) is 4.74 Å². The summed E-state index contributed by atoms with van der Waals surface area (Å²) >= 11 is 0. The fraction of sp³-hybridized carbons (Fsp3) is 0.360. The number of fused-ring (bicyclic) bond motifs is 7. The molecule has 1 saturated carbocycles. The summed E-state index contributed by atoms with van der Waals surface area (Å²) < 4.78 is 6.54. The fourth-order valence-electron chi connectivity index (χ4n) is 6.74. The number of rotatable bonds is 0. The van der Waals surface area contributed by atoms with Gasteiger partial charge in [0, 0.05) is 32.7 Å². The van der Waals surface area contributed by atoms with Crippen LogP contribution in [0, 0.1) is 0 Å². The van der Waals surface area contributed by atoms with E-state index in [2.05, 4.69) is 87.7 Å². The van der Waals surface area contributed by atoms with Gasteiger partial charge in [-0.15, -0.1) is 0 Å². The average Bonchev–Trinajstić information content (AvgIpc) is 3.48. The SMILES string of the molecule is C[C@H]1N2C=CN1C1CCCCC1N1C=CN3c4cccc5c4[P@@](c4c(cccc42)O5)C31. The Balaban J connectivity index is 1.43. The van der Waals surface area contributed by atoms with E-state index in [0.717, 1.165) is 11.5 Å². The molecule has 1 aliphatic carbocycles. The second kappa shape index (κ2) is 5.77. The zero-order valence-electron chi connectivity index (χ0n) is 17.6. The van der Waals surface area contributed by atoms with Crippen molar-refractivity contribution in [3.63, 3.8) is 0 Å². The molecule has 2 aromatic carbocycles. The molecule has 5 heterocycles. The molecule has 0 aromatic heterocycles. The molecule has 0 radical (unpaired) electrons. The summed E-state index contributed by atoms with van der Waals surface area (Å²) in [5.41, 5.74) is 2.65. The van der Waals surface area contributed by atoms with Crippen molar-refractivity contribution in [2.75, 3.05) is 9.80 Å². The van der Waals surface area contributed by atoms with Crippen molar-refractivity contribution < 1.29 is 4.74 Å². The highest BCUT2D eigenvalue weighted by molar-refractivity contribution is 7.75. The zero-order chi connectivity index (χ0) is 20.3. The molecule has 5 aliphatic heterocycles. The van der Waals surface area contributed by atoms with E-state index in [0.29, 0.717) is 24.2 Å². The molecule has 0 saturated heterocycles. The standard InChI is InChI=1S/C25H25N4OP/c1-16-26-12-13-27(16)19-8-4-10-21-23(19)31-24-20(9-5-11-22(24)30-21)29-15-14-28(25(29)31)18-7-3-2-6-17(18)26/h4-5,8-18,25H,2-3,6-7H2,1H3/t16-,17?,18?,25?,31-/m1/s1. The summed E-state index contributed by atoms with van der Waals surface area (Å²) in [5.74, 6) is 2.46. The molecular weight excluding hydrogens is 403 g/mol. The molecule has 8 rings (SSSR count). The van der Waals surface area contributed by atoms with Crippen LogP contribution in [0.5, 0.6) is 11.5 Å². The third kappa shape index (κ3) is 1.97. The van der Waals surface area contributed by atoms with Crippen LogP contribution in [0.15, 0.2) is 61.2 Å². The predicted octanol–water partition coefficient (Wildman–Crippen LogP) is 4.38. The Bertz CT molecular complexity index is 1180. The number of ether oxygens (including phenoxy) is 1. The van der Waals surface area contributed by atoms with E-state index < -0.39 is 7.92 Å². The second-order valence-electron chi connectivity index (χ2n) is 9.42. The Hall–Kier alpha value is -2.65. The highest BCUT2D eigenvalue weighted by Gasteiger charge is 2.53. The van der Waals surface area contributed by atoms with Gasteiger partial charge in [0.15, 0.2) is 0 Å². The van der Waals surface area contributed by atoms with E-state index in [1.54, 1.807) is 0 Å². The number of anilines is 2. The summed E-state index contributed by atoms with van der Waals surface area (Å²) in [4.78, 5) is 10.4. The number of hydrogen-bond acceptors (Lipinski definition) is 5. The van der Waals surface area contributed by atoms with Crippen molar-refractivity contribution in [3.05, 3.63) is 61.2 Å². The van der Waals surface area contributed by atoms with Crippen LogP contribution in [-0.2, 0) is 0 Å². The van der Waals surface area contributed by atoms with Crippen LogP contribution in [0.3, 0.4) is 0 Å². The van der Waals surface area contributed by atoms with Gasteiger partial charge in [-0.25, -0.2) is 0 Å². The van der Waals surface area contributed by atoms with Crippen LogP contribution >= 0.6 is 7.92 Å². The van der Waals surface area contributed by atoms with Gasteiger partial charge in [0.2, 0.25) is 0 Å². The maximum atomic E-state index is 6.54. The Kier molecular flexibility index (Phi) is 3.16. The van der Waals surface area contributed by atoms with Crippen molar-refractivity contribution in [1.82, 2.24) is 9.80 Å². The Morgan fingerprint density at radius 2 is 1.39 bits per heavy atom. The summed E-state index contributed by atoms with van der Waals surface area (Å²) in [6.07, 6.45) is 14.9. The van der Waals surface area contributed by atoms with Crippen LogP contribution in [0.2, 0.25) is 0 Å². The lowest BCUT2D eigenvalue weighted by molar-refractivity contribution is 0.0878. The first-order chi connectivity index (χ1) is 15.3. The highest BCUT2D eigenvalue weighted by Crippen LogP contribution is 2.62. The van der Waals surface area contributed by atoms with Gasteiger partial charge in [-0.2, -0.15) is 0 Å². The molecule has 0 N–H and O–H groups in total. The summed E-state index contributed by atoms with van der Waals surface area (Å²) in [6.45, 7) is 2.36. The number of nitrogens with zero attached hydrogens (tertiary/aromatic N) is 4. The normalized spacial score (nSPS) is 32.9. The van der Waals surface area contributed by atoms with E-state index in [1.807, 2.05) is 0 Å². The molecule has 6 aliphatic rings. The highest BCUT2D eigenvalue weighted by atomic mass is 31.1. The lowest BCUT2D eigenvalue weighted by Gasteiger charge is -2.49. The van der Waals surface area contributed by atoms with Crippen LogP contribution in [0.1, 0.15) is 32.6 Å². The van der Waals surface area contributed by atoms with Gasteiger partial charge >= 0.3 is 0 Å². The molecule has 0 spiro atoms. The van der Waals surface area contributed by atoms with E-state index in [-0.39, 0.29) is 0 Å². The summed E-state index contributed by atoms with van der Waals surface area (Å²) in [6, 6.07) is 14.3. The van der Waals surface area contributed by atoms with Crippen molar-refractivity contribution in [3.8, 4) is 11.5 Å². The fourth-order valence-corrected chi connectivity index (χ4v) is 9.98. The summed E-state index contributed by atoms with van der Waals surface area (Å²) in [5, 5.41) is 2.84. The largest absolute Gasteiger partial charge is 0.456 e. The minimum Gasteiger partial charge on any atom is -0.456 e.